The molecule has 9 heteroatoms. The van der Waals surface area contributed by atoms with Crippen LogP contribution in [0.3, 0.4) is 0 Å². The first-order chi connectivity index (χ1) is 7.28. The summed E-state index contributed by atoms with van der Waals surface area (Å²) in [5.74, 6) is 0. The van der Waals surface area contributed by atoms with E-state index in [2.05, 4.69) is 15.5 Å². The highest BCUT2D eigenvalue weighted by Crippen LogP contribution is 2.11. The van der Waals surface area contributed by atoms with Gasteiger partial charge in [0.1, 0.15) is 10.5 Å². The number of carbonyl (C=O) groups is 1. The van der Waals surface area contributed by atoms with E-state index in [4.69, 9.17) is 14.8 Å². The Kier molecular flexibility index (Phi) is 3.84. The lowest BCUT2D eigenvalue weighted by Crippen LogP contribution is -2.29. The summed E-state index contributed by atoms with van der Waals surface area (Å²) < 4.78 is 4.98. The molecule has 0 spiro atoms. The number of carbonyl (C=O) groups excluding carboxylic acids is 1. The van der Waals surface area contributed by atoms with Gasteiger partial charge in [-0.2, -0.15) is 0 Å². The lowest BCUT2D eigenvalue weighted by molar-refractivity contribution is 0.0636. The van der Waals surface area contributed by atoms with Gasteiger partial charge in [0.05, 0.1) is 0 Å². The molecule has 0 saturated carbocycles. The Balaban J connectivity index is 2.57. The number of anilines is 1. The van der Waals surface area contributed by atoms with Gasteiger partial charge in [0.15, 0.2) is 0 Å². The quantitative estimate of drug-likeness (QED) is 0.610. The van der Waals surface area contributed by atoms with E-state index in [0.29, 0.717) is 0 Å². The molecule has 0 fully saturated rings. The van der Waals surface area contributed by atoms with Crippen molar-refractivity contribution in [3.63, 3.8) is 0 Å². The number of amides is 1. The van der Waals surface area contributed by atoms with E-state index in [9.17, 15) is 4.79 Å². The smallest absolute Gasteiger partial charge is 0.444 e. The molecule has 3 N–H and O–H groups in total. The Morgan fingerprint density at radius 3 is 2.50 bits per heavy atom. The number of ether oxygens (including phenoxy) is 1. The number of rotatable bonds is 2. The van der Waals surface area contributed by atoms with Gasteiger partial charge >= 0.3 is 13.2 Å². The van der Waals surface area contributed by atoms with Gasteiger partial charge in [-0.1, -0.05) is 11.3 Å². The lowest BCUT2D eigenvalue weighted by Gasteiger charge is -2.18. The van der Waals surface area contributed by atoms with Crippen LogP contribution in [0.5, 0.6) is 0 Å². The van der Waals surface area contributed by atoms with Crippen LogP contribution in [0.2, 0.25) is 0 Å². The summed E-state index contributed by atoms with van der Waals surface area (Å²) in [6.45, 7) is 5.20. The Labute approximate surface area is 96.6 Å². The molecule has 1 amide bonds. The fraction of sp³-hybridized carbons (Fsp3) is 0.571. The van der Waals surface area contributed by atoms with Crippen LogP contribution in [-0.2, 0) is 4.74 Å². The third-order valence-electron chi connectivity index (χ3n) is 1.27. The van der Waals surface area contributed by atoms with Crippen molar-refractivity contribution >= 4 is 34.6 Å². The van der Waals surface area contributed by atoms with Gasteiger partial charge in [0.2, 0.25) is 5.13 Å². The van der Waals surface area contributed by atoms with Gasteiger partial charge in [-0.15, -0.1) is 10.2 Å². The molecule has 88 valence electrons. The molecule has 16 heavy (non-hydrogen) atoms. The average Bonchev–Trinajstić information content (AvgIpc) is 2.48. The second-order valence-corrected chi connectivity index (χ2v) is 4.96. The van der Waals surface area contributed by atoms with Gasteiger partial charge < -0.3 is 14.8 Å². The third-order valence-corrected chi connectivity index (χ3v) is 2.15. The highest BCUT2D eigenvalue weighted by molar-refractivity contribution is 7.24. The molecular formula is C7H12BN3O4S. The zero-order valence-electron chi connectivity index (χ0n) is 9.09. The molecule has 1 heterocycles. The summed E-state index contributed by atoms with van der Waals surface area (Å²) in [5.41, 5.74) is -0.603. The van der Waals surface area contributed by atoms with Gasteiger partial charge in [-0.3, -0.25) is 5.32 Å². The summed E-state index contributed by atoms with van der Waals surface area (Å²) in [6, 6.07) is 0. The van der Waals surface area contributed by atoms with Crippen LogP contribution >= 0.6 is 11.3 Å². The monoisotopic (exact) mass is 245 g/mol. The predicted molar refractivity (Wildman–Crippen MR) is 59.6 cm³/mol. The van der Waals surface area contributed by atoms with Gasteiger partial charge in [0, 0.05) is 0 Å². The van der Waals surface area contributed by atoms with Crippen LogP contribution in [0.4, 0.5) is 9.93 Å². The van der Waals surface area contributed by atoms with Crippen molar-refractivity contribution in [2.45, 2.75) is 26.4 Å². The van der Waals surface area contributed by atoms with E-state index < -0.39 is 18.8 Å². The molecule has 0 saturated heterocycles. The van der Waals surface area contributed by atoms with Crippen molar-refractivity contribution in [2.75, 3.05) is 5.32 Å². The van der Waals surface area contributed by atoms with Gasteiger partial charge in [0.25, 0.3) is 0 Å². The number of nitrogens with zero attached hydrogens (tertiary/aromatic N) is 2. The number of hydrogen-bond acceptors (Lipinski definition) is 7. The van der Waals surface area contributed by atoms with E-state index in [1.807, 2.05) is 0 Å². The predicted octanol–water partition coefficient (Wildman–Crippen LogP) is -0.435. The number of hydrogen-bond donors (Lipinski definition) is 3. The summed E-state index contributed by atoms with van der Waals surface area (Å²) >= 11 is 0.861. The summed E-state index contributed by atoms with van der Waals surface area (Å²) in [6.07, 6.45) is -0.664. The first kappa shape index (κ1) is 12.9. The summed E-state index contributed by atoms with van der Waals surface area (Å²) in [7, 11) is -1.69. The van der Waals surface area contributed by atoms with Crippen molar-refractivity contribution in [3.8, 4) is 0 Å². The third kappa shape index (κ3) is 4.13. The van der Waals surface area contributed by atoms with E-state index in [0.717, 1.165) is 11.3 Å². The van der Waals surface area contributed by atoms with Crippen molar-refractivity contribution in [1.29, 1.82) is 0 Å². The molecule has 0 aromatic carbocycles. The summed E-state index contributed by atoms with van der Waals surface area (Å²) in [5, 5.41) is 27.0. The fourth-order valence-electron chi connectivity index (χ4n) is 0.780. The zero-order valence-corrected chi connectivity index (χ0v) is 9.91. The van der Waals surface area contributed by atoms with Crippen molar-refractivity contribution < 1.29 is 19.6 Å². The van der Waals surface area contributed by atoms with Crippen LogP contribution in [0, 0.1) is 0 Å². The molecule has 0 atom stereocenters. The van der Waals surface area contributed by atoms with Crippen molar-refractivity contribution in [2.24, 2.45) is 0 Å². The highest BCUT2D eigenvalue weighted by Gasteiger charge is 2.20. The Morgan fingerprint density at radius 2 is 2.06 bits per heavy atom. The molecule has 0 aliphatic heterocycles. The topological polar surface area (TPSA) is 105 Å². The van der Waals surface area contributed by atoms with Crippen LogP contribution in [-0.4, -0.2) is 39.1 Å². The first-order valence-corrected chi connectivity index (χ1v) is 5.29. The van der Waals surface area contributed by atoms with Gasteiger partial charge in [-0.05, 0) is 20.8 Å². The second-order valence-electron chi connectivity index (χ2n) is 3.95. The molecule has 7 nitrogen and oxygen atoms in total. The molecule has 0 aliphatic rings. The van der Waals surface area contributed by atoms with E-state index in [-0.39, 0.29) is 10.0 Å². The molecule has 1 aromatic heterocycles. The minimum atomic E-state index is -1.69. The molecule has 0 aliphatic carbocycles. The normalized spacial score (nSPS) is 11.1. The van der Waals surface area contributed by atoms with Crippen LogP contribution < -0.4 is 10.2 Å². The fourth-order valence-corrected chi connectivity index (χ4v) is 1.38. The van der Waals surface area contributed by atoms with Crippen LogP contribution in [0.15, 0.2) is 0 Å². The van der Waals surface area contributed by atoms with Gasteiger partial charge in [-0.25, -0.2) is 4.79 Å². The van der Waals surface area contributed by atoms with Crippen LogP contribution in [0.1, 0.15) is 20.8 Å². The molecule has 1 rings (SSSR count). The highest BCUT2D eigenvalue weighted by atomic mass is 32.1. The minimum Gasteiger partial charge on any atom is -0.444 e. The SMILES string of the molecule is CC(C)(C)OC(=O)Nc1nnc(B(O)O)s1. The van der Waals surface area contributed by atoms with E-state index in [1.165, 1.54) is 0 Å². The Bertz CT molecular complexity index is 376. The second kappa shape index (κ2) is 4.77. The Morgan fingerprint density at radius 1 is 1.44 bits per heavy atom. The molecule has 1 aromatic rings. The molecule has 0 unspecified atom stereocenters. The minimum absolute atomic E-state index is 0.00561. The largest absolute Gasteiger partial charge is 0.521 e. The average molecular weight is 245 g/mol. The Hall–Kier alpha value is -1.19. The molecule has 0 radical (unpaired) electrons. The van der Waals surface area contributed by atoms with Crippen molar-refractivity contribution in [1.82, 2.24) is 10.2 Å². The molecular weight excluding hydrogens is 233 g/mol. The van der Waals surface area contributed by atoms with E-state index >= 15 is 0 Å². The van der Waals surface area contributed by atoms with Crippen LogP contribution in [0.25, 0.3) is 0 Å². The maximum atomic E-state index is 11.3. The number of aromatic nitrogens is 2. The molecule has 0 bridgehead atoms. The number of nitrogens with one attached hydrogen (secondary N) is 1. The van der Waals surface area contributed by atoms with Crippen molar-refractivity contribution in [3.05, 3.63) is 0 Å². The zero-order chi connectivity index (χ0) is 12.3. The van der Waals surface area contributed by atoms with E-state index in [1.54, 1.807) is 20.8 Å². The maximum Gasteiger partial charge on any atom is 0.521 e. The first-order valence-electron chi connectivity index (χ1n) is 4.47. The standard InChI is InChI=1S/C7H12BN3O4S/c1-7(2,3)15-6(12)9-5-11-10-4(16-5)8(13)14/h13-14H,1-3H3,(H,9,11,12). The lowest BCUT2D eigenvalue weighted by atomic mass is 9.95. The summed E-state index contributed by atoms with van der Waals surface area (Å²) in [4.78, 5) is 11.3. The maximum absolute atomic E-state index is 11.3.